The Morgan fingerprint density at radius 2 is 1.32 bits per heavy atom. The second-order valence-corrected chi connectivity index (χ2v) is 11.9. The summed E-state index contributed by atoms with van der Waals surface area (Å²) < 4.78 is 51.7. The van der Waals surface area contributed by atoms with Gasteiger partial charge in [-0.15, -0.1) is 0 Å². The highest BCUT2D eigenvalue weighted by Gasteiger charge is 2.44. The number of sulfone groups is 2. The molecule has 1 aliphatic carbocycles. The highest BCUT2D eigenvalue weighted by atomic mass is 32.3. The Kier molecular flexibility index (Phi) is 6.05. The van der Waals surface area contributed by atoms with Gasteiger partial charge >= 0.3 is 0 Å². The third-order valence-electron chi connectivity index (χ3n) is 5.47. The lowest BCUT2D eigenvalue weighted by atomic mass is 9.78. The topological polar surface area (TPSA) is 85.3 Å². The summed E-state index contributed by atoms with van der Waals surface area (Å²) in [5, 5.41) is 0. The van der Waals surface area contributed by atoms with Crippen LogP contribution in [0.3, 0.4) is 0 Å². The molecule has 0 bridgehead atoms. The third-order valence-corrected chi connectivity index (χ3v) is 10.6. The molecule has 0 amide bonds. The first-order valence-corrected chi connectivity index (χ1v) is 12.4. The molecule has 150 valence electrons. The second kappa shape index (κ2) is 8.17. The highest BCUT2D eigenvalue weighted by Crippen LogP contribution is 2.36. The van der Waals surface area contributed by atoms with Crippen molar-refractivity contribution in [3.05, 3.63) is 60.7 Å². The molecule has 7 heteroatoms. The maximum atomic E-state index is 13.3. The minimum absolute atomic E-state index is 0.0410. The maximum absolute atomic E-state index is 13.3. The van der Waals surface area contributed by atoms with E-state index in [4.69, 9.17) is 0 Å². The van der Waals surface area contributed by atoms with Gasteiger partial charge in [0.1, 0.15) is 5.78 Å². The zero-order valence-corrected chi connectivity index (χ0v) is 17.3. The van der Waals surface area contributed by atoms with Crippen molar-refractivity contribution in [2.45, 2.75) is 47.0 Å². The van der Waals surface area contributed by atoms with Crippen LogP contribution in [0.1, 0.15) is 32.6 Å². The van der Waals surface area contributed by atoms with Gasteiger partial charge in [-0.2, -0.15) is 0 Å². The Morgan fingerprint density at radius 3 is 1.75 bits per heavy atom. The van der Waals surface area contributed by atoms with Crippen LogP contribution in [-0.2, 0) is 24.5 Å². The number of ketones is 1. The molecule has 0 aromatic heterocycles. The summed E-state index contributed by atoms with van der Waals surface area (Å²) >= 11 is 0. The summed E-state index contributed by atoms with van der Waals surface area (Å²) in [7, 11) is -8.39. The fourth-order valence-corrected chi connectivity index (χ4v) is 8.42. The Hall–Kier alpha value is -1.99. The molecule has 0 aliphatic heterocycles. The van der Waals surface area contributed by atoms with Gasteiger partial charge in [0.05, 0.1) is 9.79 Å². The number of benzene rings is 2. The summed E-state index contributed by atoms with van der Waals surface area (Å²) in [6.45, 7) is 1.89. The maximum Gasteiger partial charge on any atom is 0.195 e. The molecule has 2 aromatic carbocycles. The van der Waals surface area contributed by atoms with Crippen molar-refractivity contribution in [3.8, 4) is 0 Å². The van der Waals surface area contributed by atoms with Crippen molar-refractivity contribution in [2.24, 2.45) is 11.8 Å². The van der Waals surface area contributed by atoms with E-state index in [9.17, 15) is 21.6 Å². The lowest BCUT2D eigenvalue weighted by molar-refractivity contribution is -0.126. The highest BCUT2D eigenvalue weighted by molar-refractivity contribution is 8.09. The Labute approximate surface area is 166 Å². The minimum Gasteiger partial charge on any atom is -0.299 e. The van der Waals surface area contributed by atoms with Crippen molar-refractivity contribution in [1.29, 1.82) is 0 Å². The minimum atomic E-state index is -4.19. The zero-order valence-electron chi connectivity index (χ0n) is 15.7. The molecule has 5 nitrogen and oxygen atoms in total. The lowest BCUT2D eigenvalue weighted by Gasteiger charge is -2.30. The Bertz CT molecular complexity index is 959. The molecule has 0 N–H and O–H groups in total. The number of Topliss-reactive ketones (excluding diaryl/α,β-unsaturated/α-hetero) is 1. The van der Waals surface area contributed by atoms with E-state index in [1.165, 1.54) is 24.3 Å². The van der Waals surface area contributed by atoms with Crippen molar-refractivity contribution < 1.29 is 21.6 Å². The van der Waals surface area contributed by atoms with E-state index in [-0.39, 0.29) is 27.9 Å². The molecule has 2 unspecified atom stereocenters. The van der Waals surface area contributed by atoms with Crippen LogP contribution in [0.2, 0.25) is 0 Å². The smallest absolute Gasteiger partial charge is 0.195 e. The van der Waals surface area contributed by atoms with Crippen LogP contribution in [0, 0.1) is 11.8 Å². The molecule has 1 saturated carbocycles. The number of carbonyl (C=O) groups excluding carboxylic acids is 1. The summed E-state index contributed by atoms with van der Waals surface area (Å²) in [5.41, 5.74) is 0. The molecule has 0 spiro atoms. The SMILES string of the molecule is CC1CCCC(=O)C1CC(S(=O)(=O)c1ccccc1)S(=O)(=O)c1ccccc1. The molecule has 1 fully saturated rings. The van der Waals surface area contributed by atoms with Crippen LogP contribution in [-0.4, -0.2) is 27.2 Å². The molecular weight excluding hydrogens is 396 g/mol. The molecule has 0 radical (unpaired) electrons. The lowest BCUT2D eigenvalue weighted by Crippen LogP contribution is -2.37. The normalized spacial score (nSPS) is 21.0. The number of rotatable bonds is 6. The van der Waals surface area contributed by atoms with Crippen LogP contribution < -0.4 is 0 Å². The Morgan fingerprint density at radius 1 is 0.857 bits per heavy atom. The van der Waals surface area contributed by atoms with Gasteiger partial charge in [-0.1, -0.05) is 43.3 Å². The predicted octanol–water partition coefficient (Wildman–Crippen LogP) is 3.66. The second-order valence-electron chi connectivity index (χ2n) is 7.32. The van der Waals surface area contributed by atoms with E-state index < -0.39 is 30.2 Å². The zero-order chi connectivity index (χ0) is 20.4. The number of hydrogen-bond donors (Lipinski definition) is 0. The summed E-state index contributed by atoms with van der Waals surface area (Å²) in [6, 6.07) is 15.2. The first-order valence-electron chi connectivity index (χ1n) is 9.35. The molecule has 3 rings (SSSR count). The van der Waals surface area contributed by atoms with Gasteiger partial charge in [0.15, 0.2) is 24.3 Å². The van der Waals surface area contributed by atoms with Crippen LogP contribution in [0.4, 0.5) is 0 Å². The average molecular weight is 421 g/mol. The van der Waals surface area contributed by atoms with E-state index in [2.05, 4.69) is 0 Å². The predicted molar refractivity (Wildman–Crippen MR) is 107 cm³/mol. The standard InChI is InChI=1S/C21H24O5S2/c1-16-9-8-14-20(22)19(16)15-21(27(23,24)17-10-4-2-5-11-17)28(25,26)18-12-6-3-7-13-18/h2-7,10-13,16,19,21H,8-9,14-15H2,1H3. The van der Waals surface area contributed by atoms with Crippen LogP contribution in [0.15, 0.2) is 70.5 Å². The van der Waals surface area contributed by atoms with Crippen molar-refractivity contribution in [1.82, 2.24) is 0 Å². The van der Waals surface area contributed by atoms with E-state index in [1.54, 1.807) is 36.4 Å². The van der Waals surface area contributed by atoms with Gasteiger partial charge in [0.25, 0.3) is 0 Å². The van der Waals surface area contributed by atoms with Crippen LogP contribution in [0.5, 0.6) is 0 Å². The van der Waals surface area contributed by atoms with Gasteiger partial charge in [-0.05, 0) is 49.4 Å². The number of hydrogen-bond acceptors (Lipinski definition) is 5. The molecule has 2 aromatic rings. The van der Waals surface area contributed by atoms with Gasteiger partial charge in [0, 0.05) is 12.3 Å². The molecular formula is C21H24O5S2. The average Bonchev–Trinajstić information content (AvgIpc) is 2.68. The van der Waals surface area contributed by atoms with Crippen LogP contribution >= 0.6 is 0 Å². The summed E-state index contributed by atoms with van der Waals surface area (Å²) in [4.78, 5) is 12.4. The molecule has 2 atom stereocenters. The Balaban J connectivity index is 2.10. The molecule has 1 aliphatic rings. The summed E-state index contributed by atoms with van der Waals surface area (Å²) in [6.07, 6.45) is 1.71. The fourth-order valence-electron chi connectivity index (χ4n) is 3.82. The fraction of sp³-hybridized carbons (Fsp3) is 0.381. The molecule has 0 saturated heterocycles. The molecule has 28 heavy (non-hydrogen) atoms. The van der Waals surface area contributed by atoms with Gasteiger partial charge < -0.3 is 0 Å². The van der Waals surface area contributed by atoms with E-state index >= 15 is 0 Å². The van der Waals surface area contributed by atoms with Gasteiger partial charge in [-0.3, -0.25) is 4.79 Å². The van der Waals surface area contributed by atoms with Crippen molar-refractivity contribution in [3.63, 3.8) is 0 Å². The van der Waals surface area contributed by atoms with E-state index in [0.717, 1.165) is 12.8 Å². The van der Waals surface area contributed by atoms with Crippen molar-refractivity contribution in [2.75, 3.05) is 0 Å². The first-order chi connectivity index (χ1) is 13.2. The van der Waals surface area contributed by atoms with Gasteiger partial charge in [0.2, 0.25) is 0 Å². The van der Waals surface area contributed by atoms with E-state index in [1.807, 2.05) is 6.92 Å². The van der Waals surface area contributed by atoms with E-state index in [0.29, 0.717) is 6.42 Å². The van der Waals surface area contributed by atoms with Crippen LogP contribution in [0.25, 0.3) is 0 Å². The third kappa shape index (κ3) is 4.05. The van der Waals surface area contributed by atoms with Crippen molar-refractivity contribution >= 4 is 25.5 Å². The quantitative estimate of drug-likeness (QED) is 0.712. The number of carbonyl (C=O) groups is 1. The first kappa shape index (κ1) is 20.7. The largest absolute Gasteiger partial charge is 0.299 e. The monoisotopic (exact) mass is 420 g/mol. The summed E-state index contributed by atoms with van der Waals surface area (Å²) in [5.74, 6) is -0.660. The van der Waals surface area contributed by atoms with Gasteiger partial charge in [-0.25, -0.2) is 16.8 Å². The molecule has 0 heterocycles.